The van der Waals surface area contributed by atoms with E-state index in [9.17, 15) is 18.0 Å². The third kappa shape index (κ3) is 4.21. The van der Waals surface area contributed by atoms with Crippen molar-refractivity contribution in [3.8, 4) is 0 Å². The molecule has 0 aliphatic carbocycles. The lowest BCUT2D eigenvalue weighted by Gasteiger charge is -2.09. The SMILES string of the molecule is O=C(CCNc1ccc(F)c(F)c1F)NCc1cccnc1. The monoisotopic (exact) mass is 309 g/mol. The summed E-state index contributed by atoms with van der Waals surface area (Å²) in [6.07, 6.45) is 3.33. The molecule has 4 nitrogen and oxygen atoms in total. The lowest BCUT2D eigenvalue weighted by molar-refractivity contribution is -0.121. The van der Waals surface area contributed by atoms with Crippen LogP contribution in [0.2, 0.25) is 0 Å². The molecule has 2 N–H and O–H groups in total. The number of anilines is 1. The van der Waals surface area contributed by atoms with Gasteiger partial charge in [0.1, 0.15) is 0 Å². The van der Waals surface area contributed by atoms with Crippen LogP contribution in [0.5, 0.6) is 0 Å². The normalized spacial score (nSPS) is 10.3. The van der Waals surface area contributed by atoms with Crippen molar-refractivity contribution in [2.45, 2.75) is 13.0 Å². The van der Waals surface area contributed by atoms with Crippen molar-refractivity contribution in [3.05, 3.63) is 59.7 Å². The van der Waals surface area contributed by atoms with Crippen LogP contribution in [0.1, 0.15) is 12.0 Å². The number of carbonyl (C=O) groups is 1. The average Bonchev–Trinajstić information content (AvgIpc) is 2.54. The van der Waals surface area contributed by atoms with Crippen molar-refractivity contribution in [2.75, 3.05) is 11.9 Å². The van der Waals surface area contributed by atoms with E-state index in [1.54, 1.807) is 18.5 Å². The molecule has 0 spiro atoms. The number of hydrogen-bond donors (Lipinski definition) is 2. The van der Waals surface area contributed by atoms with Crippen LogP contribution in [-0.2, 0) is 11.3 Å². The van der Waals surface area contributed by atoms with E-state index >= 15 is 0 Å². The Balaban J connectivity index is 1.77. The van der Waals surface area contributed by atoms with Gasteiger partial charge in [-0.3, -0.25) is 9.78 Å². The van der Waals surface area contributed by atoms with Crippen LogP contribution < -0.4 is 10.6 Å². The Hall–Kier alpha value is -2.57. The van der Waals surface area contributed by atoms with Crippen molar-refractivity contribution in [1.29, 1.82) is 0 Å². The Bertz CT molecular complexity index is 650. The van der Waals surface area contributed by atoms with Gasteiger partial charge < -0.3 is 10.6 Å². The number of rotatable bonds is 6. The molecule has 0 fully saturated rings. The highest BCUT2D eigenvalue weighted by molar-refractivity contribution is 5.76. The highest BCUT2D eigenvalue weighted by Crippen LogP contribution is 2.19. The smallest absolute Gasteiger partial charge is 0.222 e. The Morgan fingerprint density at radius 1 is 1.14 bits per heavy atom. The quantitative estimate of drug-likeness (QED) is 0.807. The summed E-state index contributed by atoms with van der Waals surface area (Å²) in [5.41, 5.74) is 0.675. The lowest BCUT2D eigenvalue weighted by Crippen LogP contribution is -2.25. The van der Waals surface area contributed by atoms with Gasteiger partial charge in [0.05, 0.1) is 5.69 Å². The minimum Gasteiger partial charge on any atom is -0.382 e. The summed E-state index contributed by atoms with van der Waals surface area (Å²) in [6.45, 7) is 0.438. The molecule has 0 aliphatic heterocycles. The molecule has 0 radical (unpaired) electrons. The van der Waals surface area contributed by atoms with E-state index in [4.69, 9.17) is 0 Å². The molecule has 0 unspecified atom stereocenters. The van der Waals surface area contributed by atoms with E-state index < -0.39 is 17.5 Å². The molecule has 0 atom stereocenters. The van der Waals surface area contributed by atoms with Crippen LogP contribution >= 0.6 is 0 Å². The molecule has 1 aromatic carbocycles. The Labute approximate surface area is 125 Å². The molecule has 2 aromatic rings. The van der Waals surface area contributed by atoms with E-state index in [0.717, 1.165) is 17.7 Å². The first-order valence-electron chi connectivity index (χ1n) is 6.61. The van der Waals surface area contributed by atoms with Gasteiger partial charge in [0.15, 0.2) is 17.5 Å². The van der Waals surface area contributed by atoms with Crippen LogP contribution in [0.4, 0.5) is 18.9 Å². The molecule has 0 saturated heterocycles. The number of carbonyl (C=O) groups excluding carboxylic acids is 1. The van der Waals surface area contributed by atoms with E-state index in [0.29, 0.717) is 6.54 Å². The second-order valence-electron chi connectivity index (χ2n) is 4.54. The van der Waals surface area contributed by atoms with Crippen LogP contribution in [-0.4, -0.2) is 17.4 Å². The third-order valence-electron chi connectivity index (χ3n) is 2.92. The van der Waals surface area contributed by atoms with Gasteiger partial charge in [-0.05, 0) is 23.8 Å². The Morgan fingerprint density at radius 3 is 2.68 bits per heavy atom. The molecule has 1 heterocycles. The second kappa shape index (κ2) is 7.44. The zero-order valence-electron chi connectivity index (χ0n) is 11.6. The maximum Gasteiger partial charge on any atom is 0.222 e. The molecule has 1 amide bonds. The van der Waals surface area contributed by atoms with Gasteiger partial charge in [0.2, 0.25) is 5.91 Å². The van der Waals surface area contributed by atoms with Crippen LogP contribution in [0.3, 0.4) is 0 Å². The number of nitrogens with one attached hydrogen (secondary N) is 2. The molecule has 0 saturated carbocycles. The number of nitrogens with zero attached hydrogens (tertiary/aromatic N) is 1. The topological polar surface area (TPSA) is 54.0 Å². The van der Waals surface area contributed by atoms with Crippen molar-refractivity contribution in [2.24, 2.45) is 0 Å². The van der Waals surface area contributed by atoms with Crippen molar-refractivity contribution >= 4 is 11.6 Å². The number of benzene rings is 1. The molecule has 1 aromatic heterocycles. The first-order valence-corrected chi connectivity index (χ1v) is 6.61. The number of halogens is 3. The summed E-state index contributed by atoms with van der Waals surface area (Å²) in [4.78, 5) is 15.5. The van der Waals surface area contributed by atoms with Crippen molar-refractivity contribution in [3.63, 3.8) is 0 Å². The Morgan fingerprint density at radius 2 is 1.95 bits per heavy atom. The zero-order chi connectivity index (χ0) is 15.9. The predicted molar refractivity (Wildman–Crippen MR) is 75.5 cm³/mol. The number of amides is 1. The molecular formula is C15H14F3N3O. The van der Waals surface area contributed by atoms with Crippen LogP contribution in [0, 0.1) is 17.5 Å². The first kappa shape index (κ1) is 15.8. The van der Waals surface area contributed by atoms with E-state index in [-0.39, 0.29) is 24.6 Å². The molecular weight excluding hydrogens is 295 g/mol. The Kier molecular flexibility index (Phi) is 5.35. The lowest BCUT2D eigenvalue weighted by atomic mass is 10.2. The highest BCUT2D eigenvalue weighted by Gasteiger charge is 2.13. The first-order chi connectivity index (χ1) is 10.6. The maximum absolute atomic E-state index is 13.4. The molecule has 2 rings (SSSR count). The minimum atomic E-state index is -1.54. The summed E-state index contributed by atoms with van der Waals surface area (Å²) in [7, 11) is 0. The van der Waals surface area contributed by atoms with Gasteiger partial charge in [-0.15, -0.1) is 0 Å². The second-order valence-corrected chi connectivity index (χ2v) is 4.54. The fourth-order valence-corrected chi connectivity index (χ4v) is 1.76. The van der Waals surface area contributed by atoms with Gasteiger partial charge in [-0.25, -0.2) is 13.2 Å². The van der Waals surface area contributed by atoms with E-state index in [2.05, 4.69) is 15.6 Å². The summed E-state index contributed by atoms with van der Waals surface area (Å²) in [5.74, 6) is -4.33. The molecule has 7 heteroatoms. The number of hydrogen-bond acceptors (Lipinski definition) is 3. The van der Waals surface area contributed by atoms with Gasteiger partial charge in [0.25, 0.3) is 0 Å². The summed E-state index contributed by atoms with van der Waals surface area (Å²) >= 11 is 0. The summed E-state index contributed by atoms with van der Waals surface area (Å²) < 4.78 is 39.1. The van der Waals surface area contributed by atoms with Gasteiger partial charge in [-0.2, -0.15) is 0 Å². The molecule has 116 valence electrons. The summed E-state index contributed by atoms with van der Waals surface area (Å²) in [5, 5.41) is 5.23. The fourth-order valence-electron chi connectivity index (χ4n) is 1.76. The van der Waals surface area contributed by atoms with Gasteiger partial charge in [-0.1, -0.05) is 6.07 Å². The van der Waals surface area contributed by atoms with Crippen LogP contribution in [0.15, 0.2) is 36.7 Å². The largest absolute Gasteiger partial charge is 0.382 e. The van der Waals surface area contributed by atoms with E-state index in [1.165, 1.54) is 0 Å². The van der Waals surface area contributed by atoms with Gasteiger partial charge >= 0.3 is 0 Å². The molecule has 0 bridgehead atoms. The average molecular weight is 309 g/mol. The molecule has 0 aliphatic rings. The van der Waals surface area contributed by atoms with Crippen LogP contribution in [0.25, 0.3) is 0 Å². The standard InChI is InChI=1S/C15H14F3N3O/c16-11-3-4-12(15(18)14(11)17)20-7-5-13(22)21-9-10-2-1-6-19-8-10/h1-4,6,8,20H,5,7,9H2,(H,21,22). The highest BCUT2D eigenvalue weighted by atomic mass is 19.2. The third-order valence-corrected chi connectivity index (χ3v) is 2.92. The van der Waals surface area contributed by atoms with Crippen molar-refractivity contribution in [1.82, 2.24) is 10.3 Å². The van der Waals surface area contributed by atoms with Gasteiger partial charge in [0, 0.05) is 31.9 Å². The summed E-state index contributed by atoms with van der Waals surface area (Å²) in [6, 6.07) is 5.49. The number of aromatic nitrogens is 1. The number of pyridine rings is 1. The zero-order valence-corrected chi connectivity index (χ0v) is 11.6. The van der Waals surface area contributed by atoms with Crippen molar-refractivity contribution < 1.29 is 18.0 Å². The minimum absolute atomic E-state index is 0.0682. The molecule has 22 heavy (non-hydrogen) atoms. The fraction of sp³-hybridized carbons (Fsp3) is 0.200. The maximum atomic E-state index is 13.4. The van der Waals surface area contributed by atoms with E-state index in [1.807, 2.05) is 6.07 Å². The predicted octanol–water partition coefficient (Wildman–Crippen LogP) is 2.62.